The highest BCUT2D eigenvalue weighted by Crippen LogP contribution is 2.30. The van der Waals surface area contributed by atoms with Gasteiger partial charge in [-0.25, -0.2) is 12.8 Å². The molecule has 0 bridgehead atoms. The van der Waals surface area contributed by atoms with Crippen molar-refractivity contribution in [2.24, 2.45) is 0 Å². The molecule has 2 atom stereocenters. The minimum absolute atomic E-state index is 0.0940. The zero-order chi connectivity index (χ0) is 20.6. The number of alkyl halides is 1. The van der Waals surface area contributed by atoms with Gasteiger partial charge >= 0.3 is 0 Å². The second-order valence-electron chi connectivity index (χ2n) is 7.70. The smallest absolute Gasteiger partial charge is 0.243 e. The predicted octanol–water partition coefficient (Wildman–Crippen LogP) is 2.94. The number of fused-ring (bicyclic) bond motifs is 1. The van der Waals surface area contributed by atoms with Crippen molar-refractivity contribution >= 4 is 15.9 Å². The molecule has 4 rings (SSSR count). The molecule has 7 heteroatoms. The molecular weight excluding hydrogens is 391 g/mol. The lowest BCUT2D eigenvalue weighted by atomic mass is 9.99. The summed E-state index contributed by atoms with van der Waals surface area (Å²) in [5, 5.41) is 0. The first-order valence-electron chi connectivity index (χ1n) is 10.0. The van der Waals surface area contributed by atoms with E-state index in [2.05, 4.69) is 0 Å². The maximum Gasteiger partial charge on any atom is 0.243 e. The lowest BCUT2D eigenvalue weighted by Crippen LogP contribution is -2.49. The molecule has 0 aliphatic carbocycles. The van der Waals surface area contributed by atoms with Crippen molar-refractivity contribution in [1.29, 1.82) is 0 Å². The summed E-state index contributed by atoms with van der Waals surface area (Å²) in [5.74, 6) is -0.312. The average Bonchev–Trinajstić information content (AvgIpc) is 3.15. The van der Waals surface area contributed by atoms with E-state index in [-0.39, 0.29) is 23.8 Å². The molecule has 2 unspecified atom stereocenters. The minimum Gasteiger partial charge on any atom is -0.337 e. The van der Waals surface area contributed by atoms with Crippen molar-refractivity contribution in [1.82, 2.24) is 9.21 Å². The fourth-order valence-electron chi connectivity index (χ4n) is 4.17. The first-order valence-corrected chi connectivity index (χ1v) is 11.4. The van der Waals surface area contributed by atoms with Crippen molar-refractivity contribution in [2.75, 3.05) is 13.1 Å². The number of aryl methyl sites for hydroxylation is 1. The number of carbonyl (C=O) groups is 1. The third kappa shape index (κ3) is 3.81. The highest BCUT2D eigenvalue weighted by atomic mass is 32.2. The molecule has 0 aromatic heterocycles. The van der Waals surface area contributed by atoms with Crippen LogP contribution in [0.4, 0.5) is 4.39 Å². The Labute approximate surface area is 171 Å². The molecule has 2 aliphatic rings. The number of benzene rings is 2. The van der Waals surface area contributed by atoms with Crippen LogP contribution in [-0.2, 0) is 34.2 Å². The van der Waals surface area contributed by atoms with Crippen LogP contribution in [0.3, 0.4) is 0 Å². The number of halogens is 1. The van der Waals surface area contributed by atoms with Crippen LogP contribution in [-0.4, -0.2) is 48.8 Å². The van der Waals surface area contributed by atoms with Gasteiger partial charge in [0.2, 0.25) is 15.9 Å². The molecule has 1 amide bonds. The predicted molar refractivity (Wildman–Crippen MR) is 109 cm³/mol. The van der Waals surface area contributed by atoms with E-state index in [0.29, 0.717) is 13.1 Å². The molecule has 2 aromatic rings. The summed E-state index contributed by atoms with van der Waals surface area (Å²) in [5.41, 5.74) is 3.28. The second-order valence-corrected chi connectivity index (χ2v) is 9.59. The molecule has 29 heavy (non-hydrogen) atoms. The Morgan fingerprint density at radius 2 is 1.79 bits per heavy atom. The van der Waals surface area contributed by atoms with Crippen LogP contribution in [0.1, 0.15) is 30.0 Å². The quantitative estimate of drug-likeness (QED) is 0.770. The standard InChI is InChI=1S/C22H25FN2O3S/c1-2-16-7-9-20(10-8-16)29(27,28)25-15-19(23)13-21(25)22(26)24-12-11-17-5-3-4-6-18(17)14-24/h3-10,19,21H,2,11-15H2,1H3. The molecule has 1 fully saturated rings. The highest BCUT2D eigenvalue weighted by Gasteiger charge is 2.45. The van der Waals surface area contributed by atoms with Crippen molar-refractivity contribution in [3.8, 4) is 0 Å². The Kier molecular flexibility index (Phi) is 5.44. The number of amides is 1. The lowest BCUT2D eigenvalue weighted by Gasteiger charge is -2.33. The van der Waals surface area contributed by atoms with E-state index in [1.165, 1.54) is 5.56 Å². The third-order valence-electron chi connectivity index (χ3n) is 5.87. The van der Waals surface area contributed by atoms with E-state index in [4.69, 9.17) is 0 Å². The normalized spacial score (nSPS) is 22.5. The van der Waals surface area contributed by atoms with E-state index in [0.717, 1.165) is 28.3 Å². The number of rotatable bonds is 4. The van der Waals surface area contributed by atoms with Crippen molar-refractivity contribution in [3.05, 3.63) is 65.2 Å². The van der Waals surface area contributed by atoms with Crippen molar-refractivity contribution in [2.45, 2.75) is 49.8 Å². The van der Waals surface area contributed by atoms with Gasteiger partial charge in [-0.3, -0.25) is 4.79 Å². The molecule has 0 radical (unpaired) electrons. The molecule has 1 saturated heterocycles. The lowest BCUT2D eigenvalue weighted by molar-refractivity contribution is -0.135. The third-order valence-corrected chi connectivity index (χ3v) is 7.76. The fraction of sp³-hybridized carbons (Fsp3) is 0.409. The van der Waals surface area contributed by atoms with E-state index in [9.17, 15) is 17.6 Å². The first-order chi connectivity index (χ1) is 13.9. The van der Waals surface area contributed by atoms with Gasteiger partial charge in [-0.05, 0) is 41.7 Å². The summed E-state index contributed by atoms with van der Waals surface area (Å²) in [7, 11) is -3.94. The van der Waals surface area contributed by atoms with Crippen LogP contribution >= 0.6 is 0 Å². The molecule has 5 nitrogen and oxygen atoms in total. The van der Waals surface area contributed by atoms with E-state index < -0.39 is 22.2 Å². The van der Waals surface area contributed by atoms with Gasteiger partial charge in [0, 0.05) is 26.1 Å². The maximum absolute atomic E-state index is 14.3. The molecule has 0 spiro atoms. The molecule has 0 N–H and O–H groups in total. The summed E-state index contributed by atoms with van der Waals surface area (Å²) in [6.07, 6.45) is 0.0850. The Morgan fingerprint density at radius 3 is 2.48 bits per heavy atom. The Bertz CT molecular complexity index is 1010. The van der Waals surface area contributed by atoms with Gasteiger partial charge in [-0.15, -0.1) is 0 Å². The zero-order valence-electron chi connectivity index (χ0n) is 16.4. The molecule has 2 aliphatic heterocycles. The number of carbonyl (C=O) groups excluding carboxylic acids is 1. The summed E-state index contributed by atoms with van der Waals surface area (Å²) >= 11 is 0. The van der Waals surface area contributed by atoms with Crippen LogP contribution in [0.5, 0.6) is 0 Å². The minimum atomic E-state index is -3.94. The van der Waals surface area contributed by atoms with Gasteiger partial charge in [-0.2, -0.15) is 4.31 Å². The van der Waals surface area contributed by atoms with Gasteiger partial charge in [0.25, 0.3) is 0 Å². The maximum atomic E-state index is 14.3. The number of hydrogen-bond acceptors (Lipinski definition) is 3. The summed E-state index contributed by atoms with van der Waals surface area (Å²) in [6, 6.07) is 13.5. The topological polar surface area (TPSA) is 57.7 Å². The average molecular weight is 417 g/mol. The van der Waals surface area contributed by atoms with Crippen molar-refractivity contribution < 1.29 is 17.6 Å². The summed E-state index contributed by atoms with van der Waals surface area (Å²) in [4.78, 5) is 15.0. The SMILES string of the molecule is CCc1ccc(S(=O)(=O)N2CC(F)CC2C(=O)N2CCc3ccccc3C2)cc1. The van der Waals surface area contributed by atoms with Crippen LogP contribution in [0, 0.1) is 0 Å². The molecule has 2 heterocycles. The van der Waals surface area contributed by atoms with Crippen LogP contribution in [0.25, 0.3) is 0 Å². The van der Waals surface area contributed by atoms with Gasteiger partial charge in [0.05, 0.1) is 4.90 Å². The van der Waals surface area contributed by atoms with E-state index in [1.807, 2.05) is 31.2 Å². The first kappa shape index (κ1) is 20.0. The molecular formula is C22H25FN2O3S. The van der Waals surface area contributed by atoms with Crippen LogP contribution in [0.2, 0.25) is 0 Å². The van der Waals surface area contributed by atoms with Gasteiger partial charge in [0.1, 0.15) is 12.2 Å². The Balaban J connectivity index is 1.58. The molecule has 2 aromatic carbocycles. The molecule has 154 valence electrons. The summed E-state index contributed by atoms with van der Waals surface area (Å²) < 4.78 is 41.7. The van der Waals surface area contributed by atoms with Gasteiger partial charge in [-0.1, -0.05) is 43.3 Å². The number of sulfonamides is 1. The van der Waals surface area contributed by atoms with Crippen molar-refractivity contribution in [3.63, 3.8) is 0 Å². The molecule has 0 saturated carbocycles. The van der Waals surface area contributed by atoms with E-state index >= 15 is 0 Å². The van der Waals surface area contributed by atoms with Gasteiger partial charge < -0.3 is 4.90 Å². The van der Waals surface area contributed by atoms with E-state index in [1.54, 1.807) is 29.2 Å². The Hall–Kier alpha value is -2.25. The fourth-order valence-corrected chi connectivity index (χ4v) is 5.79. The highest BCUT2D eigenvalue weighted by molar-refractivity contribution is 7.89. The second kappa shape index (κ2) is 7.88. The Morgan fingerprint density at radius 1 is 1.10 bits per heavy atom. The largest absolute Gasteiger partial charge is 0.337 e. The number of nitrogens with zero attached hydrogens (tertiary/aromatic N) is 2. The zero-order valence-corrected chi connectivity index (χ0v) is 17.2. The van der Waals surface area contributed by atoms with Crippen LogP contribution < -0.4 is 0 Å². The summed E-state index contributed by atoms with van der Waals surface area (Å²) in [6.45, 7) is 2.66. The monoisotopic (exact) mass is 416 g/mol. The van der Waals surface area contributed by atoms with Crippen LogP contribution in [0.15, 0.2) is 53.4 Å². The number of hydrogen-bond donors (Lipinski definition) is 0. The van der Waals surface area contributed by atoms with Gasteiger partial charge in [0.15, 0.2) is 0 Å².